The van der Waals surface area contributed by atoms with Gasteiger partial charge in [-0.1, -0.05) is 13.8 Å². The first-order valence-corrected chi connectivity index (χ1v) is 6.23. The lowest BCUT2D eigenvalue weighted by atomic mass is 9.82. The molecule has 6 nitrogen and oxygen atoms in total. The summed E-state index contributed by atoms with van der Waals surface area (Å²) in [5.41, 5.74) is -0.911. The molecule has 0 radical (unpaired) electrons. The van der Waals surface area contributed by atoms with Crippen LogP contribution in [-0.4, -0.2) is 36.0 Å². The summed E-state index contributed by atoms with van der Waals surface area (Å²) < 4.78 is 0. The van der Waals surface area contributed by atoms with Crippen LogP contribution < -0.4 is 10.6 Å². The molecule has 0 aliphatic carbocycles. The van der Waals surface area contributed by atoms with Gasteiger partial charge in [0.2, 0.25) is 11.8 Å². The molecule has 1 aliphatic rings. The summed E-state index contributed by atoms with van der Waals surface area (Å²) in [6.45, 7) is 4.04. The lowest BCUT2D eigenvalue weighted by Crippen LogP contribution is -2.44. The molecule has 1 atom stereocenters. The Hall–Kier alpha value is -1.59. The molecule has 1 saturated heterocycles. The number of rotatable bonds is 6. The Labute approximate surface area is 106 Å². The first-order valence-electron chi connectivity index (χ1n) is 6.23. The molecular formula is C12H20N2O4. The standard InChI is InChI=1S/C12H20N2O4/c1-3-12(4-2,11(17)18)7-14-10(16)8-5-9(15)13-6-8/h8H,3-7H2,1-2H3,(H,13,15)(H,14,16)(H,17,18). The Morgan fingerprint density at radius 2 is 2.06 bits per heavy atom. The molecule has 1 aliphatic heterocycles. The number of carbonyl (C=O) groups is 3. The first kappa shape index (κ1) is 14.5. The monoisotopic (exact) mass is 256 g/mol. The second kappa shape index (κ2) is 5.84. The van der Waals surface area contributed by atoms with E-state index < -0.39 is 11.4 Å². The van der Waals surface area contributed by atoms with E-state index in [2.05, 4.69) is 10.6 Å². The van der Waals surface area contributed by atoms with Crippen molar-refractivity contribution in [1.29, 1.82) is 0 Å². The van der Waals surface area contributed by atoms with Gasteiger partial charge in [-0.15, -0.1) is 0 Å². The van der Waals surface area contributed by atoms with E-state index in [4.69, 9.17) is 0 Å². The van der Waals surface area contributed by atoms with Crippen LogP contribution in [0.3, 0.4) is 0 Å². The zero-order valence-electron chi connectivity index (χ0n) is 10.8. The quantitative estimate of drug-likeness (QED) is 0.629. The van der Waals surface area contributed by atoms with Crippen LogP contribution in [0.15, 0.2) is 0 Å². The Balaban J connectivity index is 2.55. The van der Waals surface area contributed by atoms with E-state index in [0.717, 1.165) is 0 Å². The molecule has 1 fully saturated rings. The molecule has 1 unspecified atom stereocenters. The topological polar surface area (TPSA) is 95.5 Å². The number of carboxylic acids is 1. The third-order valence-corrected chi connectivity index (χ3v) is 3.76. The molecule has 0 aromatic rings. The van der Waals surface area contributed by atoms with Gasteiger partial charge in [0, 0.05) is 19.5 Å². The van der Waals surface area contributed by atoms with E-state index in [0.29, 0.717) is 19.4 Å². The molecular weight excluding hydrogens is 236 g/mol. The molecule has 2 amide bonds. The molecule has 0 bridgehead atoms. The van der Waals surface area contributed by atoms with Crippen molar-refractivity contribution in [2.75, 3.05) is 13.1 Å². The number of hydrogen-bond donors (Lipinski definition) is 3. The van der Waals surface area contributed by atoms with E-state index in [9.17, 15) is 19.5 Å². The Kier molecular flexibility index (Phi) is 4.69. The summed E-state index contributed by atoms with van der Waals surface area (Å²) in [6, 6.07) is 0. The van der Waals surface area contributed by atoms with Crippen molar-refractivity contribution in [3.8, 4) is 0 Å². The van der Waals surface area contributed by atoms with Gasteiger partial charge in [-0.3, -0.25) is 14.4 Å². The normalized spacial score (nSPS) is 19.4. The van der Waals surface area contributed by atoms with Gasteiger partial charge in [0.15, 0.2) is 0 Å². The number of amides is 2. The maximum Gasteiger partial charge on any atom is 0.311 e. The summed E-state index contributed by atoms with van der Waals surface area (Å²) >= 11 is 0. The minimum atomic E-state index is -0.911. The van der Waals surface area contributed by atoms with Gasteiger partial charge >= 0.3 is 5.97 Å². The van der Waals surface area contributed by atoms with Gasteiger partial charge in [-0.25, -0.2) is 0 Å². The van der Waals surface area contributed by atoms with Crippen molar-refractivity contribution in [3.63, 3.8) is 0 Å². The van der Waals surface area contributed by atoms with Crippen molar-refractivity contribution in [3.05, 3.63) is 0 Å². The van der Waals surface area contributed by atoms with Gasteiger partial charge < -0.3 is 15.7 Å². The number of hydrogen-bond acceptors (Lipinski definition) is 3. The van der Waals surface area contributed by atoms with Crippen LogP contribution in [0, 0.1) is 11.3 Å². The second-order valence-electron chi connectivity index (χ2n) is 4.72. The fourth-order valence-corrected chi connectivity index (χ4v) is 2.07. The second-order valence-corrected chi connectivity index (χ2v) is 4.72. The fraction of sp³-hybridized carbons (Fsp3) is 0.750. The summed E-state index contributed by atoms with van der Waals surface area (Å²) in [5.74, 6) is -1.65. The molecule has 1 rings (SSSR count). The third kappa shape index (κ3) is 3.00. The maximum absolute atomic E-state index is 11.8. The highest BCUT2D eigenvalue weighted by atomic mass is 16.4. The highest BCUT2D eigenvalue weighted by Crippen LogP contribution is 2.25. The molecule has 102 valence electrons. The van der Waals surface area contributed by atoms with E-state index in [1.165, 1.54) is 0 Å². The van der Waals surface area contributed by atoms with E-state index in [1.54, 1.807) is 13.8 Å². The molecule has 18 heavy (non-hydrogen) atoms. The molecule has 0 saturated carbocycles. The first-order chi connectivity index (χ1) is 8.45. The number of carbonyl (C=O) groups excluding carboxylic acids is 2. The number of aliphatic carboxylic acids is 1. The van der Waals surface area contributed by atoms with E-state index >= 15 is 0 Å². The fourth-order valence-electron chi connectivity index (χ4n) is 2.07. The summed E-state index contributed by atoms with van der Waals surface area (Å²) in [6.07, 6.45) is 1.10. The lowest BCUT2D eigenvalue weighted by Gasteiger charge is -2.27. The Morgan fingerprint density at radius 1 is 1.44 bits per heavy atom. The van der Waals surface area contributed by atoms with Gasteiger partial charge in [-0.2, -0.15) is 0 Å². The number of nitrogens with one attached hydrogen (secondary N) is 2. The molecule has 0 aromatic carbocycles. The van der Waals surface area contributed by atoms with Crippen LogP contribution in [0.2, 0.25) is 0 Å². The molecule has 0 spiro atoms. The van der Waals surface area contributed by atoms with Crippen LogP contribution in [-0.2, 0) is 14.4 Å². The predicted molar refractivity (Wildman–Crippen MR) is 64.8 cm³/mol. The van der Waals surface area contributed by atoms with Gasteiger partial charge in [0.1, 0.15) is 0 Å². The maximum atomic E-state index is 11.8. The summed E-state index contributed by atoms with van der Waals surface area (Å²) in [4.78, 5) is 34.0. The third-order valence-electron chi connectivity index (χ3n) is 3.76. The molecule has 6 heteroatoms. The molecule has 3 N–H and O–H groups in total. The Bertz CT molecular complexity index is 350. The highest BCUT2D eigenvalue weighted by molar-refractivity contribution is 5.89. The van der Waals surface area contributed by atoms with Crippen LogP contribution in [0.25, 0.3) is 0 Å². The zero-order valence-corrected chi connectivity index (χ0v) is 10.8. The molecule has 0 aromatic heterocycles. The van der Waals surface area contributed by atoms with Gasteiger partial charge in [0.05, 0.1) is 11.3 Å². The zero-order chi connectivity index (χ0) is 13.8. The van der Waals surface area contributed by atoms with Crippen molar-refractivity contribution in [1.82, 2.24) is 10.6 Å². The van der Waals surface area contributed by atoms with Crippen LogP contribution in [0.1, 0.15) is 33.1 Å². The van der Waals surface area contributed by atoms with E-state index in [-0.39, 0.29) is 30.7 Å². The summed E-state index contributed by atoms with van der Waals surface area (Å²) in [7, 11) is 0. The van der Waals surface area contributed by atoms with Crippen molar-refractivity contribution < 1.29 is 19.5 Å². The molecule has 1 heterocycles. The Morgan fingerprint density at radius 3 is 2.44 bits per heavy atom. The van der Waals surface area contributed by atoms with Gasteiger partial charge in [0.25, 0.3) is 0 Å². The smallest absolute Gasteiger partial charge is 0.311 e. The number of carboxylic acid groups (broad SMARTS) is 1. The average Bonchev–Trinajstić information content (AvgIpc) is 2.77. The minimum Gasteiger partial charge on any atom is -0.481 e. The highest BCUT2D eigenvalue weighted by Gasteiger charge is 2.36. The average molecular weight is 256 g/mol. The lowest BCUT2D eigenvalue weighted by molar-refractivity contribution is -0.149. The van der Waals surface area contributed by atoms with Gasteiger partial charge in [-0.05, 0) is 12.8 Å². The van der Waals surface area contributed by atoms with Crippen molar-refractivity contribution in [2.24, 2.45) is 11.3 Å². The largest absolute Gasteiger partial charge is 0.481 e. The minimum absolute atomic E-state index is 0.110. The summed E-state index contributed by atoms with van der Waals surface area (Å²) in [5, 5.41) is 14.5. The van der Waals surface area contributed by atoms with Crippen LogP contribution in [0.4, 0.5) is 0 Å². The van der Waals surface area contributed by atoms with E-state index in [1.807, 2.05) is 0 Å². The van der Waals surface area contributed by atoms with Crippen molar-refractivity contribution >= 4 is 17.8 Å². The van der Waals surface area contributed by atoms with Crippen LogP contribution in [0.5, 0.6) is 0 Å². The predicted octanol–water partition coefficient (Wildman–Crippen LogP) is 0.130. The SMILES string of the molecule is CCC(CC)(CNC(=O)C1CNC(=O)C1)C(=O)O. The van der Waals surface area contributed by atoms with Crippen molar-refractivity contribution in [2.45, 2.75) is 33.1 Å². The van der Waals surface area contributed by atoms with Crippen LogP contribution >= 0.6 is 0 Å².